The van der Waals surface area contributed by atoms with Crippen LogP contribution in [0.15, 0.2) is 105 Å². The Balaban J connectivity index is 1.28. The van der Waals surface area contributed by atoms with Crippen LogP contribution in [-0.2, 0) is 20.9 Å². The number of halogens is 1. The Bertz CT molecular complexity index is 2070. The van der Waals surface area contributed by atoms with Crippen molar-refractivity contribution in [1.29, 1.82) is 0 Å². The van der Waals surface area contributed by atoms with E-state index < -0.39 is 17.1 Å². The molecule has 0 bridgehead atoms. The van der Waals surface area contributed by atoms with Crippen LogP contribution in [0.4, 0.5) is 17.1 Å². The van der Waals surface area contributed by atoms with Crippen LogP contribution >= 0.6 is 39.0 Å². The van der Waals surface area contributed by atoms with E-state index in [1.165, 1.54) is 21.2 Å². The number of anilines is 3. The fraction of sp³-hybridized carbons (Fsp3) is 0.222. The van der Waals surface area contributed by atoms with Crippen molar-refractivity contribution in [2.24, 2.45) is 5.92 Å². The Morgan fingerprint density at radius 3 is 2.30 bits per heavy atom. The molecule has 1 aromatic heterocycles. The van der Waals surface area contributed by atoms with Gasteiger partial charge in [-0.25, -0.2) is 4.90 Å². The van der Waals surface area contributed by atoms with E-state index in [2.05, 4.69) is 40.0 Å². The molecule has 238 valence electrons. The average molecular weight is 728 g/mol. The molecule has 0 saturated carbocycles. The maximum absolute atomic E-state index is 14.2. The van der Waals surface area contributed by atoms with E-state index in [4.69, 9.17) is 0 Å². The first kappa shape index (κ1) is 31.4. The van der Waals surface area contributed by atoms with Gasteiger partial charge >= 0.3 is 4.87 Å². The van der Waals surface area contributed by atoms with Gasteiger partial charge in [-0.15, -0.1) is 0 Å². The molecule has 11 heteroatoms. The Morgan fingerprint density at radius 1 is 0.872 bits per heavy atom. The van der Waals surface area contributed by atoms with Crippen LogP contribution in [0.25, 0.3) is 10.8 Å². The van der Waals surface area contributed by atoms with Gasteiger partial charge in [0.25, 0.3) is 0 Å². The highest BCUT2D eigenvalue weighted by Gasteiger charge is 2.56. The summed E-state index contributed by atoms with van der Waals surface area (Å²) in [5.74, 6) is -2.21. The molecule has 47 heavy (non-hydrogen) atoms. The van der Waals surface area contributed by atoms with E-state index >= 15 is 0 Å². The van der Waals surface area contributed by atoms with Gasteiger partial charge < -0.3 is 10.2 Å². The number of thioether (sulfide) groups is 1. The molecule has 3 atom stereocenters. The SMILES string of the molecule is CCN(CC)c1ccc([C@@H]2c3sc(=O)n(CC(=O)Nc4cccc5ccccc45)c3S[C@H]3C(=O)N(c4ccc(Br)cc4)C(=O)[C@@H]23)cc1. The lowest BCUT2D eigenvalue weighted by Gasteiger charge is -2.31. The Morgan fingerprint density at radius 2 is 1.57 bits per heavy atom. The van der Waals surface area contributed by atoms with Crippen LogP contribution in [0.3, 0.4) is 0 Å². The van der Waals surface area contributed by atoms with Crippen molar-refractivity contribution in [3.05, 3.63) is 116 Å². The number of benzene rings is 4. The molecule has 0 aliphatic carbocycles. The van der Waals surface area contributed by atoms with Crippen molar-refractivity contribution >= 4 is 84.6 Å². The molecule has 4 aromatic carbocycles. The Labute approximate surface area is 288 Å². The first-order valence-corrected chi connectivity index (χ1v) is 17.9. The molecule has 0 spiro atoms. The highest BCUT2D eigenvalue weighted by Crippen LogP contribution is 2.54. The van der Waals surface area contributed by atoms with Crippen LogP contribution in [0.5, 0.6) is 0 Å². The number of rotatable bonds is 8. The molecule has 3 amide bonds. The largest absolute Gasteiger partial charge is 0.372 e. The standard InChI is InChI=1S/C36H31BrN4O4S2/c1-3-39(4-2)24-16-12-22(13-17-24)29-30-31(34(44)41(33(30)43)25-18-14-23(37)15-19-25)46-35-32(29)47-36(45)40(35)20-28(42)38-27-11-7-9-21-8-5-6-10-26(21)27/h5-19,29-31H,3-4,20H2,1-2H3,(H,38,42)/t29-,30-,31+/m0/s1. The maximum Gasteiger partial charge on any atom is 0.308 e. The molecule has 2 aliphatic rings. The summed E-state index contributed by atoms with van der Waals surface area (Å²) in [5.41, 5.74) is 3.07. The minimum absolute atomic E-state index is 0.218. The second kappa shape index (κ2) is 12.8. The Kier molecular flexibility index (Phi) is 8.54. The summed E-state index contributed by atoms with van der Waals surface area (Å²) >= 11 is 5.70. The highest BCUT2D eigenvalue weighted by molar-refractivity contribution is 9.10. The lowest BCUT2D eigenvalue weighted by atomic mass is 9.83. The Hall–Kier alpha value is -4.19. The summed E-state index contributed by atoms with van der Waals surface area (Å²) in [6.07, 6.45) is 0. The second-order valence-corrected chi connectivity index (χ2v) is 14.5. The summed E-state index contributed by atoms with van der Waals surface area (Å²) in [6, 6.07) is 28.6. The number of thiazole rings is 1. The van der Waals surface area contributed by atoms with Crippen molar-refractivity contribution in [3.63, 3.8) is 0 Å². The zero-order chi connectivity index (χ0) is 32.8. The molecule has 0 unspecified atom stereocenters. The number of nitrogens with zero attached hydrogens (tertiary/aromatic N) is 3. The molecule has 8 nitrogen and oxygen atoms in total. The highest BCUT2D eigenvalue weighted by atomic mass is 79.9. The van der Waals surface area contributed by atoms with Gasteiger partial charge in [0.15, 0.2) is 0 Å². The summed E-state index contributed by atoms with van der Waals surface area (Å²) < 4.78 is 2.30. The number of fused-ring (bicyclic) bond motifs is 3. The van der Waals surface area contributed by atoms with E-state index in [9.17, 15) is 19.2 Å². The van der Waals surface area contributed by atoms with Gasteiger partial charge in [-0.1, -0.05) is 87.6 Å². The van der Waals surface area contributed by atoms with Gasteiger partial charge in [0.1, 0.15) is 11.8 Å². The number of imide groups is 1. The van der Waals surface area contributed by atoms with Crippen LogP contribution in [0, 0.1) is 5.92 Å². The lowest BCUT2D eigenvalue weighted by molar-refractivity contribution is -0.122. The number of hydrogen-bond donors (Lipinski definition) is 1. The fourth-order valence-electron chi connectivity index (χ4n) is 6.61. The van der Waals surface area contributed by atoms with Gasteiger partial charge in [-0.2, -0.15) is 0 Å². The number of hydrogen-bond acceptors (Lipinski definition) is 7. The molecule has 7 rings (SSSR count). The van der Waals surface area contributed by atoms with Crippen molar-refractivity contribution in [3.8, 4) is 0 Å². The van der Waals surface area contributed by atoms with Gasteiger partial charge in [-0.3, -0.25) is 23.7 Å². The zero-order valence-electron chi connectivity index (χ0n) is 25.7. The van der Waals surface area contributed by atoms with E-state index in [1.54, 1.807) is 24.3 Å². The average Bonchev–Trinajstić information content (AvgIpc) is 3.52. The topological polar surface area (TPSA) is 91.7 Å². The van der Waals surface area contributed by atoms with E-state index in [0.717, 1.165) is 50.9 Å². The summed E-state index contributed by atoms with van der Waals surface area (Å²) in [5, 5.41) is 4.68. The third kappa shape index (κ3) is 5.60. The number of nitrogens with one attached hydrogen (secondary N) is 1. The maximum atomic E-state index is 14.2. The summed E-state index contributed by atoms with van der Waals surface area (Å²) in [7, 11) is 0. The van der Waals surface area contributed by atoms with Crippen molar-refractivity contribution in [1.82, 2.24) is 4.57 Å². The minimum atomic E-state index is -0.757. The normalized spacial score (nSPS) is 18.7. The lowest BCUT2D eigenvalue weighted by Crippen LogP contribution is -2.33. The number of carbonyl (C=O) groups is 3. The molecule has 1 saturated heterocycles. The van der Waals surface area contributed by atoms with Crippen LogP contribution in [-0.4, -0.2) is 40.6 Å². The van der Waals surface area contributed by atoms with Crippen LogP contribution < -0.4 is 20.0 Å². The van der Waals surface area contributed by atoms with E-state index in [1.807, 2.05) is 66.7 Å². The first-order chi connectivity index (χ1) is 22.8. The first-order valence-electron chi connectivity index (χ1n) is 15.4. The zero-order valence-corrected chi connectivity index (χ0v) is 28.9. The van der Waals surface area contributed by atoms with Gasteiger partial charge in [0, 0.05) is 45.1 Å². The number of carbonyl (C=O) groups excluding carboxylic acids is 3. The fourth-order valence-corrected chi connectivity index (χ4v) is 9.65. The molecule has 3 heterocycles. The minimum Gasteiger partial charge on any atom is -0.372 e. The quantitative estimate of drug-likeness (QED) is 0.172. The predicted octanol–water partition coefficient (Wildman–Crippen LogP) is 7.11. The molecule has 2 aliphatic heterocycles. The molecule has 5 aromatic rings. The molecular formula is C36H31BrN4O4S2. The van der Waals surface area contributed by atoms with Crippen molar-refractivity contribution in [2.45, 2.75) is 36.6 Å². The van der Waals surface area contributed by atoms with Gasteiger partial charge in [-0.05, 0) is 67.3 Å². The van der Waals surface area contributed by atoms with Crippen molar-refractivity contribution < 1.29 is 14.4 Å². The van der Waals surface area contributed by atoms with Gasteiger partial charge in [0.2, 0.25) is 17.7 Å². The van der Waals surface area contributed by atoms with Crippen LogP contribution in [0.2, 0.25) is 0 Å². The summed E-state index contributed by atoms with van der Waals surface area (Å²) in [6.45, 7) is 5.69. The van der Waals surface area contributed by atoms with Crippen LogP contribution in [0.1, 0.15) is 30.2 Å². The van der Waals surface area contributed by atoms with Gasteiger partial charge in [0.05, 0.1) is 16.6 Å². The third-order valence-corrected chi connectivity index (χ3v) is 12.0. The number of aromatic nitrogens is 1. The molecular weight excluding hydrogens is 696 g/mol. The molecule has 1 N–H and O–H groups in total. The van der Waals surface area contributed by atoms with E-state index in [-0.39, 0.29) is 29.1 Å². The monoisotopic (exact) mass is 726 g/mol. The smallest absolute Gasteiger partial charge is 0.308 e. The number of amides is 3. The summed E-state index contributed by atoms with van der Waals surface area (Å²) in [4.78, 5) is 59.2. The predicted molar refractivity (Wildman–Crippen MR) is 193 cm³/mol. The second-order valence-electron chi connectivity index (χ2n) is 11.5. The third-order valence-electron chi connectivity index (χ3n) is 8.88. The van der Waals surface area contributed by atoms with Crippen molar-refractivity contribution in [2.75, 3.05) is 28.2 Å². The van der Waals surface area contributed by atoms with E-state index in [0.29, 0.717) is 21.3 Å². The molecule has 0 radical (unpaired) electrons. The molecule has 1 fully saturated rings.